The van der Waals surface area contributed by atoms with Gasteiger partial charge in [0.25, 0.3) is 17.2 Å². The third kappa shape index (κ3) is 5.60. The molecule has 0 aliphatic heterocycles. The zero-order valence-corrected chi connectivity index (χ0v) is 22.1. The smallest absolute Gasteiger partial charge is 0.270 e. The fraction of sp³-hybridized carbons (Fsp3) is 0.276. The number of hydrogen-bond acceptors (Lipinski definition) is 5. The third-order valence-electron chi connectivity index (χ3n) is 6.55. The average molecular weight is 533 g/mol. The van der Waals surface area contributed by atoms with Crippen molar-refractivity contribution in [1.82, 2.24) is 14.5 Å². The Morgan fingerprint density at radius 1 is 1.05 bits per heavy atom. The van der Waals surface area contributed by atoms with Gasteiger partial charge in [-0.25, -0.2) is 4.98 Å². The minimum Gasteiger partial charge on any atom is -0.329 e. The topological polar surface area (TPSA) is 98.3 Å². The van der Waals surface area contributed by atoms with Crippen molar-refractivity contribution in [3.63, 3.8) is 0 Å². The van der Waals surface area contributed by atoms with Gasteiger partial charge in [0, 0.05) is 24.2 Å². The normalized spacial score (nSPS) is 11.9. The van der Waals surface area contributed by atoms with Crippen molar-refractivity contribution in [2.75, 3.05) is 6.54 Å². The maximum atomic E-state index is 13.8. The van der Waals surface area contributed by atoms with Crippen LogP contribution >= 0.6 is 11.6 Å². The van der Waals surface area contributed by atoms with Crippen LogP contribution in [0.2, 0.25) is 5.02 Å². The molecule has 0 N–H and O–H groups in total. The van der Waals surface area contributed by atoms with Gasteiger partial charge in [-0.05, 0) is 43.7 Å². The van der Waals surface area contributed by atoms with E-state index in [2.05, 4.69) is 6.92 Å². The maximum Gasteiger partial charge on any atom is 0.270 e. The summed E-state index contributed by atoms with van der Waals surface area (Å²) in [5.74, 6) is -0.0121. The maximum absolute atomic E-state index is 13.8. The molecule has 9 heteroatoms. The molecule has 8 nitrogen and oxygen atoms in total. The number of amides is 1. The van der Waals surface area contributed by atoms with Crippen LogP contribution in [0.3, 0.4) is 0 Å². The van der Waals surface area contributed by atoms with E-state index in [1.54, 1.807) is 59.5 Å². The first-order chi connectivity index (χ1) is 18.3. The molecule has 0 saturated carbocycles. The molecule has 196 valence electrons. The molecule has 4 aromatic rings. The monoisotopic (exact) mass is 532 g/mol. The minimum absolute atomic E-state index is 0.161. The standard InChI is InChI=1S/C29H29ClN4O4/c1-3-4-5-10-18-32(28(35)21-12-11-13-22(19-21)34(37)38)20(2)27-31-25-16-8-6-14-23(25)29(36)33(27)26-17-9-7-15-24(26)30/h6-9,11-17,19-20H,3-5,10,18H2,1-2H3. The Hall–Kier alpha value is -4.04. The Morgan fingerprint density at radius 3 is 2.53 bits per heavy atom. The molecule has 1 heterocycles. The lowest BCUT2D eigenvalue weighted by Gasteiger charge is -2.31. The molecule has 1 amide bonds. The highest BCUT2D eigenvalue weighted by molar-refractivity contribution is 6.32. The second-order valence-electron chi connectivity index (χ2n) is 9.12. The number of hydrogen-bond donors (Lipinski definition) is 0. The number of fused-ring (bicyclic) bond motifs is 1. The van der Waals surface area contributed by atoms with Crippen LogP contribution in [-0.4, -0.2) is 31.8 Å². The quantitative estimate of drug-likeness (QED) is 0.128. The van der Waals surface area contributed by atoms with E-state index >= 15 is 0 Å². The predicted molar refractivity (Wildman–Crippen MR) is 149 cm³/mol. The first-order valence-corrected chi connectivity index (χ1v) is 13.0. The zero-order chi connectivity index (χ0) is 27.2. The summed E-state index contributed by atoms with van der Waals surface area (Å²) in [6.07, 6.45) is 3.71. The molecule has 1 atom stereocenters. The molecule has 4 rings (SSSR count). The van der Waals surface area contributed by atoms with E-state index < -0.39 is 11.0 Å². The van der Waals surface area contributed by atoms with Crippen molar-refractivity contribution in [3.05, 3.63) is 110 Å². The number of nitrogens with zero attached hydrogens (tertiary/aromatic N) is 4. The van der Waals surface area contributed by atoms with Crippen molar-refractivity contribution in [1.29, 1.82) is 0 Å². The number of halogens is 1. The van der Waals surface area contributed by atoms with E-state index in [1.807, 2.05) is 6.92 Å². The van der Waals surface area contributed by atoms with E-state index in [0.29, 0.717) is 34.0 Å². The van der Waals surface area contributed by atoms with Gasteiger partial charge < -0.3 is 4.90 Å². The van der Waals surface area contributed by atoms with Gasteiger partial charge in [-0.15, -0.1) is 0 Å². The summed E-state index contributed by atoms with van der Waals surface area (Å²) in [6.45, 7) is 4.32. The number of carbonyl (C=O) groups excluding carboxylic acids is 1. The predicted octanol–water partition coefficient (Wildman–Crippen LogP) is 6.73. The summed E-state index contributed by atoms with van der Waals surface area (Å²) in [4.78, 5) is 44.9. The number of nitro benzene ring substituents is 1. The summed E-state index contributed by atoms with van der Waals surface area (Å²) in [5.41, 5.74) is 0.726. The molecule has 0 bridgehead atoms. The van der Waals surface area contributed by atoms with Crippen LogP contribution in [-0.2, 0) is 0 Å². The molecule has 0 saturated heterocycles. The zero-order valence-electron chi connectivity index (χ0n) is 21.3. The summed E-state index contributed by atoms with van der Waals surface area (Å²) in [5, 5.41) is 12.2. The van der Waals surface area contributed by atoms with Crippen molar-refractivity contribution in [2.24, 2.45) is 0 Å². The third-order valence-corrected chi connectivity index (χ3v) is 6.87. The van der Waals surface area contributed by atoms with E-state index in [9.17, 15) is 19.7 Å². The number of aromatic nitrogens is 2. The van der Waals surface area contributed by atoms with Gasteiger partial charge in [-0.1, -0.05) is 68.1 Å². The molecular formula is C29H29ClN4O4. The first-order valence-electron chi connectivity index (χ1n) is 12.7. The van der Waals surface area contributed by atoms with Gasteiger partial charge in [0.05, 0.1) is 32.6 Å². The second kappa shape index (κ2) is 12.0. The Balaban J connectivity index is 1.87. The first kappa shape index (κ1) is 27.0. The molecule has 0 aliphatic carbocycles. The molecule has 0 radical (unpaired) electrons. The molecule has 38 heavy (non-hydrogen) atoms. The van der Waals surface area contributed by atoms with Crippen molar-refractivity contribution >= 4 is 34.1 Å². The number of rotatable bonds is 10. The second-order valence-corrected chi connectivity index (χ2v) is 9.53. The Labute approximate surface area is 225 Å². The summed E-state index contributed by atoms with van der Waals surface area (Å²) in [6, 6.07) is 19.1. The number of non-ortho nitro benzene ring substituents is 1. The van der Waals surface area contributed by atoms with Crippen molar-refractivity contribution in [2.45, 2.75) is 45.6 Å². The number of benzene rings is 3. The van der Waals surface area contributed by atoms with Crippen molar-refractivity contribution in [3.8, 4) is 5.69 Å². The number of carbonyl (C=O) groups is 1. The van der Waals surface area contributed by atoms with Crippen LogP contribution < -0.4 is 5.56 Å². The lowest BCUT2D eigenvalue weighted by Crippen LogP contribution is -2.38. The van der Waals surface area contributed by atoms with Crippen LogP contribution in [0.25, 0.3) is 16.6 Å². The van der Waals surface area contributed by atoms with Crippen LogP contribution in [0.5, 0.6) is 0 Å². The van der Waals surface area contributed by atoms with E-state index in [0.717, 1.165) is 25.7 Å². The summed E-state index contributed by atoms with van der Waals surface area (Å²) in [7, 11) is 0. The Kier molecular flexibility index (Phi) is 8.53. The largest absolute Gasteiger partial charge is 0.329 e. The lowest BCUT2D eigenvalue weighted by atomic mass is 10.1. The molecule has 1 aromatic heterocycles. The highest BCUT2D eigenvalue weighted by Crippen LogP contribution is 2.28. The minimum atomic E-state index is -0.642. The molecule has 3 aromatic carbocycles. The molecule has 0 aliphatic rings. The van der Waals surface area contributed by atoms with Crippen LogP contribution in [0, 0.1) is 10.1 Å². The van der Waals surface area contributed by atoms with E-state index in [1.165, 1.54) is 22.8 Å². The Morgan fingerprint density at radius 2 is 1.79 bits per heavy atom. The van der Waals surface area contributed by atoms with E-state index in [-0.39, 0.29) is 22.7 Å². The number of nitro groups is 1. The lowest BCUT2D eigenvalue weighted by molar-refractivity contribution is -0.384. The highest BCUT2D eigenvalue weighted by Gasteiger charge is 2.28. The summed E-state index contributed by atoms with van der Waals surface area (Å²) < 4.78 is 1.47. The van der Waals surface area contributed by atoms with Gasteiger partial charge in [0.1, 0.15) is 5.82 Å². The van der Waals surface area contributed by atoms with Crippen LogP contribution in [0.4, 0.5) is 5.69 Å². The molecular weight excluding hydrogens is 504 g/mol. The van der Waals surface area contributed by atoms with Gasteiger partial charge >= 0.3 is 0 Å². The average Bonchev–Trinajstić information content (AvgIpc) is 2.93. The van der Waals surface area contributed by atoms with Crippen LogP contribution in [0.1, 0.15) is 61.8 Å². The number of unbranched alkanes of at least 4 members (excludes halogenated alkanes) is 3. The fourth-order valence-corrected chi connectivity index (χ4v) is 4.75. The summed E-state index contributed by atoms with van der Waals surface area (Å²) >= 11 is 6.53. The van der Waals surface area contributed by atoms with Gasteiger partial charge in [-0.3, -0.25) is 24.3 Å². The Bertz CT molecular complexity index is 1530. The van der Waals surface area contributed by atoms with Gasteiger partial charge in [0.2, 0.25) is 0 Å². The highest BCUT2D eigenvalue weighted by atomic mass is 35.5. The number of para-hydroxylation sites is 2. The molecule has 0 fully saturated rings. The van der Waals surface area contributed by atoms with Crippen molar-refractivity contribution < 1.29 is 9.72 Å². The fourth-order valence-electron chi connectivity index (χ4n) is 4.53. The van der Waals surface area contributed by atoms with Gasteiger partial charge in [-0.2, -0.15) is 0 Å². The van der Waals surface area contributed by atoms with Gasteiger partial charge in [0.15, 0.2) is 0 Å². The van der Waals surface area contributed by atoms with E-state index in [4.69, 9.17) is 16.6 Å². The molecule has 1 unspecified atom stereocenters. The van der Waals surface area contributed by atoms with Crippen LogP contribution in [0.15, 0.2) is 77.6 Å². The molecule has 0 spiro atoms. The SMILES string of the molecule is CCCCCCN(C(=O)c1cccc([N+](=O)[O-])c1)C(C)c1nc2ccccc2c(=O)n1-c1ccccc1Cl.